The molecule has 2 aliphatic rings. The third kappa shape index (κ3) is 4.52. The van der Waals surface area contributed by atoms with E-state index in [9.17, 15) is 4.79 Å². The summed E-state index contributed by atoms with van der Waals surface area (Å²) in [6.45, 7) is 7.12. The van der Waals surface area contributed by atoms with Crippen LogP contribution in [0.1, 0.15) is 85.2 Å². The van der Waals surface area contributed by atoms with Crippen LogP contribution >= 0.6 is 11.6 Å². The molecule has 7 heteroatoms. The molecule has 1 amide bonds. The van der Waals surface area contributed by atoms with Crippen LogP contribution in [0.25, 0.3) is 5.65 Å². The molecule has 0 aliphatic carbocycles. The smallest absolute Gasteiger partial charge is 0.254 e. The molecular formula is C27H34ClN5O. The fourth-order valence-corrected chi connectivity index (χ4v) is 5.54. The zero-order chi connectivity index (χ0) is 23.7. The highest BCUT2D eigenvalue weighted by Crippen LogP contribution is 2.34. The van der Waals surface area contributed by atoms with Gasteiger partial charge in [-0.2, -0.15) is 5.10 Å². The summed E-state index contributed by atoms with van der Waals surface area (Å²) >= 11 is 6.33. The van der Waals surface area contributed by atoms with Crippen molar-refractivity contribution in [3.63, 3.8) is 0 Å². The zero-order valence-corrected chi connectivity index (χ0v) is 21.0. The third-order valence-corrected chi connectivity index (χ3v) is 7.48. The van der Waals surface area contributed by atoms with Gasteiger partial charge in [-0.1, -0.05) is 31.0 Å². The maximum Gasteiger partial charge on any atom is 0.254 e. The Morgan fingerprint density at radius 2 is 1.88 bits per heavy atom. The van der Waals surface area contributed by atoms with Gasteiger partial charge in [0.25, 0.3) is 5.91 Å². The van der Waals surface area contributed by atoms with Gasteiger partial charge in [-0.05, 0) is 69.6 Å². The number of halogens is 1. The number of rotatable bonds is 6. The minimum Gasteiger partial charge on any atom is -0.356 e. The van der Waals surface area contributed by atoms with Gasteiger partial charge in [0.2, 0.25) is 0 Å². The maximum absolute atomic E-state index is 13.8. The molecule has 2 fully saturated rings. The molecule has 1 aromatic carbocycles. The summed E-state index contributed by atoms with van der Waals surface area (Å²) in [6.07, 6.45) is 8.50. The van der Waals surface area contributed by atoms with E-state index in [1.807, 2.05) is 27.6 Å². The lowest BCUT2D eigenvalue weighted by molar-refractivity contribution is 0.0604. The van der Waals surface area contributed by atoms with Crippen LogP contribution in [-0.4, -0.2) is 45.0 Å². The first-order chi connectivity index (χ1) is 16.5. The lowest BCUT2D eigenvalue weighted by Gasteiger charge is -2.35. The normalized spacial score (nSPS) is 18.7. The number of fused-ring (bicyclic) bond motifs is 1. The zero-order valence-electron chi connectivity index (χ0n) is 20.3. The number of carbonyl (C=O) groups excluding carboxylic acids is 1. The average molecular weight is 480 g/mol. The molecule has 0 spiro atoms. The number of benzene rings is 1. The molecular weight excluding hydrogens is 446 g/mol. The fraction of sp³-hybridized carbons (Fsp3) is 0.519. The molecule has 180 valence electrons. The molecule has 0 N–H and O–H groups in total. The first kappa shape index (κ1) is 23.2. The van der Waals surface area contributed by atoms with Gasteiger partial charge in [-0.3, -0.25) is 4.79 Å². The lowest BCUT2D eigenvalue weighted by atomic mass is 9.96. The number of anilines is 1. The molecule has 0 radical (unpaired) electrons. The Kier molecular flexibility index (Phi) is 6.77. The number of piperidine rings is 1. The van der Waals surface area contributed by atoms with E-state index in [0.717, 1.165) is 92.1 Å². The van der Waals surface area contributed by atoms with Crippen molar-refractivity contribution < 1.29 is 4.79 Å². The highest BCUT2D eigenvalue weighted by molar-refractivity contribution is 6.31. The molecule has 2 aliphatic heterocycles. The topological polar surface area (TPSA) is 53.7 Å². The number of nitrogens with zero attached hydrogens (tertiary/aromatic N) is 5. The van der Waals surface area contributed by atoms with Crippen LogP contribution in [0, 0.1) is 6.92 Å². The van der Waals surface area contributed by atoms with Crippen LogP contribution in [-0.2, 0) is 6.42 Å². The van der Waals surface area contributed by atoms with Gasteiger partial charge < -0.3 is 9.80 Å². The molecule has 4 heterocycles. The van der Waals surface area contributed by atoms with Gasteiger partial charge in [0.05, 0.1) is 11.7 Å². The predicted octanol–water partition coefficient (Wildman–Crippen LogP) is 6.00. The Morgan fingerprint density at radius 1 is 1.09 bits per heavy atom. The Labute approximate surface area is 206 Å². The minimum absolute atomic E-state index is 0.0457. The number of carbonyl (C=O) groups is 1. The number of amides is 1. The maximum atomic E-state index is 13.8. The predicted molar refractivity (Wildman–Crippen MR) is 137 cm³/mol. The molecule has 2 saturated heterocycles. The highest BCUT2D eigenvalue weighted by atomic mass is 35.5. The minimum atomic E-state index is -0.0457. The largest absolute Gasteiger partial charge is 0.356 e. The van der Waals surface area contributed by atoms with E-state index in [1.54, 1.807) is 0 Å². The second kappa shape index (κ2) is 9.95. The van der Waals surface area contributed by atoms with Crippen LogP contribution < -0.4 is 4.90 Å². The summed E-state index contributed by atoms with van der Waals surface area (Å²) in [5, 5.41) is 5.55. The number of unbranched alkanes of at least 4 members (excludes halogenated alkanes) is 1. The van der Waals surface area contributed by atoms with Crippen LogP contribution in [0.2, 0.25) is 5.02 Å². The van der Waals surface area contributed by atoms with Crippen LogP contribution in [0.5, 0.6) is 0 Å². The molecule has 5 rings (SSSR count). The van der Waals surface area contributed by atoms with E-state index in [-0.39, 0.29) is 11.9 Å². The highest BCUT2D eigenvalue weighted by Gasteiger charge is 2.32. The molecule has 6 nitrogen and oxygen atoms in total. The molecule has 3 aromatic rings. The summed E-state index contributed by atoms with van der Waals surface area (Å²) < 4.78 is 1.93. The van der Waals surface area contributed by atoms with Crippen molar-refractivity contribution in [1.82, 2.24) is 19.5 Å². The van der Waals surface area contributed by atoms with E-state index in [1.165, 1.54) is 12.8 Å². The van der Waals surface area contributed by atoms with Crippen molar-refractivity contribution in [2.24, 2.45) is 0 Å². The van der Waals surface area contributed by atoms with Crippen LogP contribution in [0.15, 0.2) is 30.3 Å². The van der Waals surface area contributed by atoms with E-state index in [4.69, 9.17) is 21.7 Å². The van der Waals surface area contributed by atoms with E-state index >= 15 is 0 Å². The number of aromatic nitrogens is 3. The Bertz CT molecular complexity index is 1180. The third-order valence-electron chi connectivity index (χ3n) is 7.25. The first-order valence-corrected chi connectivity index (χ1v) is 13.1. The van der Waals surface area contributed by atoms with Gasteiger partial charge in [-0.15, -0.1) is 0 Å². The summed E-state index contributed by atoms with van der Waals surface area (Å²) in [5.41, 5.74) is 4.69. The van der Waals surface area contributed by atoms with Crippen LogP contribution in [0.4, 0.5) is 5.82 Å². The molecule has 0 bridgehead atoms. The van der Waals surface area contributed by atoms with Crippen LogP contribution in [0.3, 0.4) is 0 Å². The van der Waals surface area contributed by atoms with Crippen molar-refractivity contribution in [3.8, 4) is 0 Å². The Morgan fingerprint density at radius 3 is 2.68 bits per heavy atom. The summed E-state index contributed by atoms with van der Waals surface area (Å²) in [7, 11) is 0. The van der Waals surface area contributed by atoms with E-state index < -0.39 is 0 Å². The number of aryl methyl sites for hydroxylation is 2. The van der Waals surface area contributed by atoms with Crippen molar-refractivity contribution in [1.29, 1.82) is 0 Å². The second-order valence-electron chi connectivity index (χ2n) is 9.70. The van der Waals surface area contributed by atoms with Crippen molar-refractivity contribution in [2.75, 3.05) is 24.5 Å². The van der Waals surface area contributed by atoms with Gasteiger partial charge >= 0.3 is 0 Å². The fourth-order valence-electron chi connectivity index (χ4n) is 5.37. The van der Waals surface area contributed by atoms with Gasteiger partial charge in [0.15, 0.2) is 5.65 Å². The standard InChI is InChI=1S/C27H34ClN5O/c1-3-4-9-20-11-12-21(28)17-22(20)27(34)32-15-6-5-10-24(32)23-18-26-29-25(31-13-7-8-14-31)16-19(2)33(26)30-23/h11-12,16-18,24H,3-10,13-15H2,1-2H3. The number of hydrogen-bond donors (Lipinski definition) is 0. The SMILES string of the molecule is CCCCc1ccc(Cl)cc1C(=O)N1CCCCC1c1cc2nc(N3CCCC3)cc(C)n2n1. The van der Waals surface area contributed by atoms with E-state index in [2.05, 4.69) is 30.9 Å². The van der Waals surface area contributed by atoms with E-state index in [0.29, 0.717) is 5.02 Å². The molecule has 1 atom stereocenters. The summed E-state index contributed by atoms with van der Waals surface area (Å²) in [4.78, 5) is 23.1. The number of likely N-dealkylation sites (tertiary alicyclic amines) is 1. The van der Waals surface area contributed by atoms with Crippen molar-refractivity contribution in [2.45, 2.75) is 71.3 Å². The van der Waals surface area contributed by atoms with Gasteiger partial charge in [0, 0.05) is 48.0 Å². The van der Waals surface area contributed by atoms with Crippen molar-refractivity contribution in [3.05, 3.63) is 57.9 Å². The van der Waals surface area contributed by atoms with Gasteiger partial charge in [0.1, 0.15) is 5.82 Å². The van der Waals surface area contributed by atoms with Crippen molar-refractivity contribution >= 4 is 29.0 Å². The lowest BCUT2D eigenvalue weighted by Crippen LogP contribution is -2.39. The Hall–Kier alpha value is -2.60. The summed E-state index contributed by atoms with van der Waals surface area (Å²) in [6, 6.07) is 9.92. The average Bonchev–Trinajstić information content (AvgIpc) is 3.53. The first-order valence-electron chi connectivity index (χ1n) is 12.8. The molecule has 1 unspecified atom stereocenters. The molecule has 0 saturated carbocycles. The summed E-state index contributed by atoms with van der Waals surface area (Å²) in [5.74, 6) is 1.10. The quantitative estimate of drug-likeness (QED) is 0.435. The molecule has 2 aromatic heterocycles. The number of hydrogen-bond acceptors (Lipinski definition) is 4. The molecule has 34 heavy (non-hydrogen) atoms. The Balaban J connectivity index is 1.48. The monoisotopic (exact) mass is 479 g/mol. The second-order valence-corrected chi connectivity index (χ2v) is 10.1. The van der Waals surface area contributed by atoms with Gasteiger partial charge in [-0.25, -0.2) is 9.50 Å².